The summed E-state index contributed by atoms with van der Waals surface area (Å²) < 4.78 is 5.91. The lowest BCUT2D eigenvalue weighted by atomic mass is 10.0. The van der Waals surface area contributed by atoms with Crippen molar-refractivity contribution in [2.24, 2.45) is 5.92 Å². The Bertz CT molecular complexity index is 1100. The molecule has 0 saturated heterocycles. The molecule has 3 aromatic heterocycles. The van der Waals surface area contributed by atoms with Gasteiger partial charge in [0, 0.05) is 16.8 Å². The topological polar surface area (TPSA) is 97.0 Å². The van der Waals surface area contributed by atoms with E-state index in [9.17, 15) is 9.59 Å². The number of hydrogen-bond donors (Lipinski definition) is 2. The highest BCUT2D eigenvalue weighted by atomic mass is 32.1. The van der Waals surface area contributed by atoms with Gasteiger partial charge < -0.3 is 15.0 Å². The fourth-order valence-corrected chi connectivity index (χ4v) is 3.92. The molecule has 0 aliphatic carbocycles. The number of pyridine rings is 1. The van der Waals surface area contributed by atoms with E-state index in [2.05, 4.69) is 20.3 Å². The molecule has 3 rings (SSSR count). The van der Waals surface area contributed by atoms with Crippen molar-refractivity contribution >= 4 is 27.6 Å². The van der Waals surface area contributed by atoms with E-state index in [-0.39, 0.29) is 11.5 Å². The van der Waals surface area contributed by atoms with Gasteiger partial charge in [-0.3, -0.25) is 9.78 Å². The zero-order valence-corrected chi connectivity index (χ0v) is 18.3. The first kappa shape index (κ1) is 21.0. The average Bonchev–Trinajstić information content (AvgIpc) is 3.02. The van der Waals surface area contributed by atoms with Crippen LogP contribution in [0.3, 0.4) is 0 Å². The third-order valence-electron chi connectivity index (χ3n) is 4.22. The minimum absolute atomic E-state index is 0.00377. The van der Waals surface area contributed by atoms with E-state index in [1.54, 1.807) is 27.0 Å². The number of nitrogens with zero attached hydrogens (tertiary/aromatic N) is 2. The highest BCUT2D eigenvalue weighted by Gasteiger charge is 2.25. The zero-order chi connectivity index (χ0) is 21.3. The van der Waals surface area contributed by atoms with Gasteiger partial charge in [-0.1, -0.05) is 13.8 Å². The summed E-state index contributed by atoms with van der Waals surface area (Å²) in [4.78, 5) is 37.6. The van der Waals surface area contributed by atoms with Crippen LogP contribution in [0.25, 0.3) is 20.7 Å². The maximum absolute atomic E-state index is 12.7. The van der Waals surface area contributed by atoms with Crippen LogP contribution in [-0.4, -0.2) is 26.6 Å². The standard InChI is InChI=1S/C21H26N4O3S/c1-11(2)16(24-20(27)28-21(4,5)6)18-23-14-10-15(29-17(14)19(26)25-18)13-7-8-22-12(3)9-13/h7-11,16H,1-6H3,(H,24,27)(H,23,25,26)/t16-/m0/s1. The molecule has 0 saturated carbocycles. The smallest absolute Gasteiger partial charge is 0.408 e. The van der Waals surface area contributed by atoms with Crippen LogP contribution in [0.2, 0.25) is 0 Å². The summed E-state index contributed by atoms with van der Waals surface area (Å²) in [7, 11) is 0. The van der Waals surface area contributed by atoms with Crippen LogP contribution in [0.1, 0.15) is 52.2 Å². The SMILES string of the molecule is Cc1cc(-c2cc3nc([C@@H](NC(=O)OC(C)(C)C)C(C)C)[nH]c(=O)c3s2)ccn1. The molecule has 0 radical (unpaired) electrons. The first-order chi connectivity index (χ1) is 13.5. The van der Waals surface area contributed by atoms with Crippen molar-refractivity contribution in [3.8, 4) is 10.4 Å². The second-order valence-corrected chi connectivity index (χ2v) is 9.38. The maximum Gasteiger partial charge on any atom is 0.408 e. The van der Waals surface area contributed by atoms with Gasteiger partial charge in [0.05, 0.1) is 11.6 Å². The lowest BCUT2D eigenvalue weighted by Crippen LogP contribution is -2.38. The molecule has 0 fully saturated rings. The van der Waals surface area contributed by atoms with Gasteiger partial charge in [-0.25, -0.2) is 9.78 Å². The highest BCUT2D eigenvalue weighted by Crippen LogP contribution is 2.31. The van der Waals surface area contributed by atoms with Crippen molar-refractivity contribution in [2.75, 3.05) is 0 Å². The summed E-state index contributed by atoms with van der Waals surface area (Å²) >= 11 is 1.39. The molecule has 0 bridgehead atoms. The molecule has 0 aliphatic rings. The number of aryl methyl sites for hydroxylation is 1. The Kier molecular flexibility index (Phi) is 5.75. The van der Waals surface area contributed by atoms with Crippen LogP contribution in [0.15, 0.2) is 29.2 Å². The van der Waals surface area contributed by atoms with Crippen molar-refractivity contribution in [2.45, 2.75) is 53.2 Å². The molecular formula is C21H26N4O3S. The van der Waals surface area contributed by atoms with Gasteiger partial charge in [0.25, 0.3) is 5.56 Å². The molecule has 0 aliphatic heterocycles. The Morgan fingerprint density at radius 2 is 2.00 bits per heavy atom. The number of alkyl carbamates (subject to hydrolysis) is 1. The molecule has 0 spiro atoms. The number of ether oxygens (including phenoxy) is 1. The molecule has 7 nitrogen and oxygen atoms in total. The largest absolute Gasteiger partial charge is 0.444 e. The van der Waals surface area contributed by atoms with Gasteiger partial charge in [-0.2, -0.15) is 0 Å². The first-order valence-corrected chi connectivity index (χ1v) is 10.3. The van der Waals surface area contributed by atoms with E-state index in [4.69, 9.17) is 4.74 Å². The quantitative estimate of drug-likeness (QED) is 0.651. The molecule has 0 unspecified atom stereocenters. The van der Waals surface area contributed by atoms with Crippen LogP contribution in [0.4, 0.5) is 4.79 Å². The van der Waals surface area contributed by atoms with Crippen molar-refractivity contribution in [1.29, 1.82) is 0 Å². The Labute approximate surface area is 173 Å². The second-order valence-electron chi connectivity index (χ2n) is 8.33. The fraction of sp³-hybridized carbons (Fsp3) is 0.429. The third kappa shape index (κ3) is 5.00. The molecule has 3 aromatic rings. The zero-order valence-electron chi connectivity index (χ0n) is 17.5. The minimum atomic E-state index is -0.610. The Balaban J connectivity index is 1.98. The summed E-state index contributed by atoms with van der Waals surface area (Å²) in [6, 6.07) is 5.31. The number of aromatic nitrogens is 3. The van der Waals surface area contributed by atoms with Crippen LogP contribution in [0, 0.1) is 12.8 Å². The molecule has 2 N–H and O–H groups in total. The second kappa shape index (κ2) is 7.94. The van der Waals surface area contributed by atoms with Crippen molar-refractivity contribution < 1.29 is 9.53 Å². The van der Waals surface area contributed by atoms with E-state index in [1.165, 1.54) is 11.3 Å². The molecule has 1 atom stereocenters. The van der Waals surface area contributed by atoms with Gasteiger partial charge >= 0.3 is 6.09 Å². The van der Waals surface area contributed by atoms with Crippen LogP contribution in [-0.2, 0) is 4.74 Å². The summed E-state index contributed by atoms with van der Waals surface area (Å²) in [5.74, 6) is 0.419. The molecule has 8 heteroatoms. The number of amides is 1. The van der Waals surface area contributed by atoms with Gasteiger partial charge in [0.2, 0.25) is 0 Å². The molecule has 3 heterocycles. The van der Waals surface area contributed by atoms with E-state index in [0.717, 1.165) is 16.1 Å². The number of nitrogens with one attached hydrogen (secondary N) is 2. The Morgan fingerprint density at radius 3 is 2.62 bits per heavy atom. The van der Waals surface area contributed by atoms with E-state index >= 15 is 0 Å². The predicted molar refractivity (Wildman–Crippen MR) is 115 cm³/mol. The van der Waals surface area contributed by atoms with Gasteiger partial charge in [0.1, 0.15) is 16.1 Å². The summed E-state index contributed by atoms with van der Waals surface area (Å²) in [5.41, 5.74) is 1.68. The van der Waals surface area contributed by atoms with Crippen LogP contribution >= 0.6 is 11.3 Å². The first-order valence-electron chi connectivity index (χ1n) is 9.50. The van der Waals surface area contributed by atoms with Gasteiger partial charge in [-0.05, 0) is 57.4 Å². The summed E-state index contributed by atoms with van der Waals surface area (Å²) in [6.07, 6.45) is 1.20. The lowest BCUT2D eigenvalue weighted by Gasteiger charge is -2.25. The number of aromatic amines is 1. The Morgan fingerprint density at radius 1 is 1.28 bits per heavy atom. The monoisotopic (exact) mass is 414 g/mol. The summed E-state index contributed by atoms with van der Waals surface area (Å²) in [6.45, 7) is 11.2. The molecule has 0 aromatic carbocycles. The van der Waals surface area contributed by atoms with Crippen molar-refractivity contribution in [3.05, 3.63) is 46.3 Å². The molecular weight excluding hydrogens is 388 g/mol. The summed E-state index contributed by atoms with van der Waals surface area (Å²) in [5, 5.41) is 2.83. The number of carbonyl (C=O) groups excluding carboxylic acids is 1. The normalized spacial score (nSPS) is 12.9. The van der Waals surface area contributed by atoms with Crippen molar-refractivity contribution in [1.82, 2.24) is 20.3 Å². The van der Waals surface area contributed by atoms with E-state index < -0.39 is 17.7 Å². The highest BCUT2D eigenvalue weighted by molar-refractivity contribution is 7.22. The van der Waals surface area contributed by atoms with Crippen LogP contribution in [0.5, 0.6) is 0 Å². The number of fused-ring (bicyclic) bond motifs is 1. The minimum Gasteiger partial charge on any atom is -0.444 e. The Hall–Kier alpha value is -2.74. The molecule has 1 amide bonds. The number of rotatable bonds is 4. The van der Waals surface area contributed by atoms with Crippen LogP contribution < -0.4 is 10.9 Å². The number of H-pyrrole nitrogens is 1. The average molecular weight is 415 g/mol. The van der Waals surface area contributed by atoms with Crippen molar-refractivity contribution in [3.63, 3.8) is 0 Å². The van der Waals surface area contributed by atoms with Gasteiger partial charge in [-0.15, -0.1) is 11.3 Å². The number of hydrogen-bond acceptors (Lipinski definition) is 6. The molecule has 154 valence electrons. The lowest BCUT2D eigenvalue weighted by molar-refractivity contribution is 0.0486. The molecule has 29 heavy (non-hydrogen) atoms. The number of thiophene rings is 1. The number of carbonyl (C=O) groups is 1. The van der Waals surface area contributed by atoms with E-state index in [0.29, 0.717) is 16.0 Å². The van der Waals surface area contributed by atoms with Gasteiger partial charge in [0.15, 0.2) is 0 Å². The predicted octanol–water partition coefficient (Wildman–Crippen LogP) is 4.58. The van der Waals surface area contributed by atoms with E-state index in [1.807, 2.05) is 39.0 Å². The maximum atomic E-state index is 12.7. The fourth-order valence-electron chi connectivity index (χ4n) is 2.93. The third-order valence-corrected chi connectivity index (χ3v) is 5.39.